The van der Waals surface area contributed by atoms with Crippen LogP contribution in [0.1, 0.15) is 36.7 Å². The zero-order valence-electron chi connectivity index (χ0n) is 23.7. The number of hydrogen-bond acceptors (Lipinski definition) is 6. The highest BCUT2D eigenvalue weighted by molar-refractivity contribution is 6.39. The number of ether oxygens (including phenoxy) is 2. The van der Waals surface area contributed by atoms with Crippen molar-refractivity contribution in [2.24, 2.45) is 7.05 Å². The Morgan fingerprint density at radius 3 is 2.41 bits per heavy atom. The summed E-state index contributed by atoms with van der Waals surface area (Å²) in [7, 11) is 1.58. The molecule has 9 nitrogen and oxygen atoms in total. The van der Waals surface area contributed by atoms with Crippen molar-refractivity contribution in [3.05, 3.63) is 68.4 Å². The number of benzene rings is 3. The van der Waals surface area contributed by atoms with Crippen LogP contribution < -0.4 is 15.4 Å². The van der Waals surface area contributed by atoms with Crippen LogP contribution in [0.2, 0.25) is 15.1 Å². The van der Waals surface area contributed by atoms with Gasteiger partial charge in [-0.25, -0.2) is 27.7 Å². The molecule has 0 aliphatic carbocycles. The number of hydrogen-bond donors (Lipinski definition) is 3. The van der Waals surface area contributed by atoms with Gasteiger partial charge in [0.25, 0.3) is 6.43 Å². The quantitative estimate of drug-likeness (QED) is 0.163. The number of carbonyl (C=O) groups excluding carboxylic acids is 1. The zero-order valence-corrected chi connectivity index (χ0v) is 26.0. The molecule has 1 aromatic heterocycles. The first-order valence-corrected chi connectivity index (χ1v) is 14.0. The topological polar surface area (TPSA) is 115 Å². The molecule has 0 saturated heterocycles. The highest BCUT2D eigenvalue weighted by Crippen LogP contribution is 2.42. The minimum absolute atomic E-state index is 0.00438. The molecule has 0 atom stereocenters. The van der Waals surface area contributed by atoms with Crippen LogP contribution in [0.3, 0.4) is 0 Å². The van der Waals surface area contributed by atoms with Gasteiger partial charge in [-0.3, -0.25) is 0 Å². The summed E-state index contributed by atoms with van der Waals surface area (Å²) in [5, 5.41) is 15.8. The first-order valence-electron chi connectivity index (χ1n) is 12.9. The smallest absolute Gasteiger partial charge is 0.407 e. The van der Waals surface area contributed by atoms with E-state index in [9.17, 15) is 27.9 Å². The molecular weight excluding hydrogens is 648 g/mol. The summed E-state index contributed by atoms with van der Waals surface area (Å²) in [5.74, 6) is -2.48. The molecule has 44 heavy (non-hydrogen) atoms. The molecule has 1 heterocycles. The van der Waals surface area contributed by atoms with Crippen molar-refractivity contribution in [2.75, 3.05) is 11.9 Å². The minimum Gasteiger partial charge on any atom is -0.487 e. The summed E-state index contributed by atoms with van der Waals surface area (Å²) >= 11 is 19.1. The maximum absolute atomic E-state index is 14.0. The van der Waals surface area contributed by atoms with Crippen LogP contribution in [0.25, 0.3) is 22.2 Å². The number of anilines is 2. The highest BCUT2D eigenvalue weighted by atomic mass is 35.5. The average Bonchev–Trinajstić information content (AvgIpc) is 3.23. The molecule has 0 saturated carbocycles. The van der Waals surface area contributed by atoms with Gasteiger partial charge in [0.1, 0.15) is 29.3 Å². The van der Waals surface area contributed by atoms with Crippen LogP contribution in [0.5, 0.6) is 5.75 Å². The van der Waals surface area contributed by atoms with Crippen molar-refractivity contribution in [1.82, 2.24) is 14.9 Å². The molecule has 3 aromatic carbocycles. The predicted molar refractivity (Wildman–Crippen MR) is 162 cm³/mol. The first kappa shape index (κ1) is 33.0. The van der Waals surface area contributed by atoms with Gasteiger partial charge in [-0.05, 0) is 50.1 Å². The average molecular weight is 674 g/mol. The van der Waals surface area contributed by atoms with Crippen molar-refractivity contribution >= 4 is 69.5 Å². The largest absolute Gasteiger partial charge is 0.487 e. The number of aromatic carboxylic acids is 1. The normalized spacial score (nSPS) is 11.6. The fourth-order valence-electron chi connectivity index (χ4n) is 4.26. The first-order chi connectivity index (χ1) is 20.6. The van der Waals surface area contributed by atoms with Gasteiger partial charge in [-0.1, -0.05) is 46.9 Å². The van der Waals surface area contributed by atoms with E-state index in [2.05, 4.69) is 15.6 Å². The second-order valence-corrected chi connectivity index (χ2v) is 11.7. The molecule has 0 unspecified atom stereocenters. The predicted octanol–water partition coefficient (Wildman–Crippen LogP) is 8.45. The lowest BCUT2D eigenvalue weighted by Crippen LogP contribution is -2.32. The Labute approximate surface area is 264 Å². The molecule has 0 spiro atoms. The number of carboxylic acid groups (broad SMARTS) is 1. The number of imidazole rings is 1. The van der Waals surface area contributed by atoms with Crippen molar-refractivity contribution in [3.8, 4) is 16.9 Å². The molecule has 0 aliphatic rings. The summed E-state index contributed by atoms with van der Waals surface area (Å²) in [6, 6.07) is 7.96. The van der Waals surface area contributed by atoms with Crippen molar-refractivity contribution in [2.45, 2.75) is 39.3 Å². The standard InChI is InChI=1S/C29H26Cl3F3N4O5/c1-29(2,3)44-28(42)36-11-14-5-7-15(30)24(23(14)32)37-27-38-25-18(39(27)4)10-19(43-12-20(34)35)22(26(40)41)21(25)13-6-8-17(33)16(31)9-13/h5-10,20H,11-12H2,1-4H3,(H,36,42)(H,37,38)(H,40,41). The van der Waals surface area contributed by atoms with E-state index in [1.807, 2.05) is 0 Å². The molecule has 15 heteroatoms. The fraction of sp³-hybridized carbons (Fsp3) is 0.276. The third kappa shape index (κ3) is 7.25. The number of nitrogens with zero attached hydrogens (tertiary/aromatic N) is 2. The van der Waals surface area contributed by atoms with Crippen LogP contribution in [-0.2, 0) is 18.3 Å². The van der Waals surface area contributed by atoms with E-state index in [-0.39, 0.29) is 61.2 Å². The Bertz CT molecular complexity index is 1760. The Balaban J connectivity index is 1.84. The van der Waals surface area contributed by atoms with Crippen LogP contribution >= 0.6 is 34.8 Å². The Kier molecular flexibility index (Phi) is 9.77. The maximum Gasteiger partial charge on any atom is 0.407 e. The number of alkyl halides is 2. The molecule has 4 aromatic rings. The SMILES string of the molecule is Cn1c(Nc2c(Cl)ccc(CNC(=O)OC(C)(C)C)c2Cl)nc2c(-c3ccc(F)c(Cl)c3)c(C(=O)O)c(OCC(F)F)cc21. The van der Waals surface area contributed by atoms with Crippen LogP contribution in [-0.4, -0.2) is 45.4 Å². The highest BCUT2D eigenvalue weighted by Gasteiger charge is 2.27. The summed E-state index contributed by atoms with van der Waals surface area (Å²) in [6.07, 6.45) is -3.54. The Morgan fingerprint density at radius 2 is 1.80 bits per heavy atom. The number of nitrogens with one attached hydrogen (secondary N) is 2. The molecule has 1 amide bonds. The third-order valence-corrected chi connectivity index (χ3v) is 7.19. The number of aromatic nitrogens is 2. The fourth-order valence-corrected chi connectivity index (χ4v) is 4.97. The third-order valence-electron chi connectivity index (χ3n) is 6.16. The van der Waals surface area contributed by atoms with Crippen LogP contribution in [0, 0.1) is 5.82 Å². The van der Waals surface area contributed by atoms with Crippen LogP contribution in [0.15, 0.2) is 36.4 Å². The molecule has 0 bridgehead atoms. The van der Waals surface area contributed by atoms with E-state index >= 15 is 0 Å². The lowest BCUT2D eigenvalue weighted by molar-refractivity contribution is 0.0523. The minimum atomic E-state index is -2.89. The molecule has 0 fully saturated rings. The van der Waals surface area contributed by atoms with Gasteiger partial charge in [-0.2, -0.15) is 0 Å². The summed E-state index contributed by atoms with van der Waals surface area (Å²) in [4.78, 5) is 29.2. The number of carbonyl (C=O) groups is 2. The second kappa shape index (κ2) is 13.0. The molecule has 0 aliphatic heterocycles. The summed E-state index contributed by atoms with van der Waals surface area (Å²) in [6.45, 7) is 4.11. The number of rotatable bonds is 9. The summed E-state index contributed by atoms with van der Waals surface area (Å²) in [5.41, 5.74) is 0.00641. The Hall–Kier alpha value is -3.87. The van der Waals surface area contributed by atoms with Crippen LogP contribution in [0.4, 0.5) is 29.6 Å². The van der Waals surface area contributed by atoms with Gasteiger partial charge in [0, 0.05) is 25.2 Å². The van der Waals surface area contributed by atoms with E-state index in [1.54, 1.807) is 40.0 Å². The number of carboxylic acids is 1. The van der Waals surface area contributed by atoms with Crippen molar-refractivity contribution < 1.29 is 37.3 Å². The molecule has 4 rings (SSSR count). The lowest BCUT2D eigenvalue weighted by atomic mass is 9.97. The van der Waals surface area contributed by atoms with Gasteiger partial charge in [0.15, 0.2) is 0 Å². The van der Waals surface area contributed by atoms with E-state index in [0.717, 1.165) is 6.07 Å². The number of fused-ring (bicyclic) bond motifs is 1. The van der Waals surface area contributed by atoms with Crippen molar-refractivity contribution in [1.29, 1.82) is 0 Å². The number of alkyl carbamates (subject to hydrolysis) is 1. The maximum atomic E-state index is 14.0. The Morgan fingerprint density at radius 1 is 1.09 bits per heavy atom. The zero-order chi connectivity index (χ0) is 32.5. The number of halogens is 6. The monoisotopic (exact) mass is 672 g/mol. The number of amides is 1. The van der Waals surface area contributed by atoms with E-state index < -0.39 is 42.1 Å². The van der Waals surface area contributed by atoms with Crippen molar-refractivity contribution in [3.63, 3.8) is 0 Å². The van der Waals surface area contributed by atoms with Gasteiger partial charge < -0.3 is 29.8 Å². The lowest BCUT2D eigenvalue weighted by Gasteiger charge is -2.20. The summed E-state index contributed by atoms with van der Waals surface area (Å²) < 4.78 is 52.2. The molecule has 3 N–H and O–H groups in total. The molecule has 0 radical (unpaired) electrons. The molecular formula is C29H26Cl3F3N4O5. The number of aryl methyl sites for hydroxylation is 1. The van der Waals surface area contributed by atoms with Gasteiger partial charge in [0.2, 0.25) is 5.95 Å². The van der Waals surface area contributed by atoms with Gasteiger partial charge >= 0.3 is 12.1 Å². The van der Waals surface area contributed by atoms with E-state index in [1.165, 1.54) is 22.8 Å². The van der Waals surface area contributed by atoms with Gasteiger partial charge in [-0.15, -0.1) is 0 Å². The van der Waals surface area contributed by atoms with Gasteiger partial charge in [0.05, 0.1) is 31.8 Å². The van der Waals surface area contributed by atoms with E-state index in [4.69, 9.17) is 44.3 Å². The van der Waals surface area contributed by atoms with E-state index in [0.29, 0.717) is 5.56 Å². The second-order valence-electron chi connectivity index (χ2n) is 10.5. The molecule has 234 valence electrons.